The maximum Gasteiger partial charge on any atom is 0.329 e. The van der Waals surface area contributed by atoms with Gasteiger partial charge in [-0.25, -0.2) is 4.79 Å². The molecule has 0 aliphatic carbocycles. The van der Waals surface area contributed by atoms with Crippen molar-refractivity contribution in [1.82, 2.24) is 4.90 Å². The van der Waals surface area contributed by atoms with E-state index in [0.717, 1.165) is 0 Å². The van der Waals surface area contributed by atoms with E-state index in [9.17, 15) is 9.59 Å². The van der Waals surface area contributed by atoms with E-state index >= 15 is 0 Å². The predicted octanol–water partition coefficient (Wildman–Crippen LogP) is 0.638. The maximum atomic E-state index is 11.0. The van der Waals surface area contributed by atoms with Crippen molar-refractivity contribution in [3.05, 3.63) is 12.3 Å². The number of aldehydes is 1. The Balaban J connectivity index is 2.94. The molecule has 0 radical (unpaired) electrons. The van der Waals surface area contributed by atoms with Crippen molar-refractivity contribution >= 4 is 12.2 Å². The number of rotatable bonds is 3. The Hall–Kier alpha value is -1.32. The SMILES string of the molecule is [2H]C(=O)C(=C)N1CCC[C@@]1(C)C(=O)O. The molecule has 0 aromatic carbocycles. The van der Waals surface area contributed by atoms with E-state index < -0.39 is 17.8 Å². The molecule has 0 unspecified atom stereocenters. The van der Waals surface area contributed by atoms with E-state index in [2.05, 4.69) is 6.58 Å². The number of hydrogen-bond acceptors (Lipinski definition) is 3. The van der Waals surface area contributed by atoms with E-state index in [4.69, 9.17) is 6.48 Å². The zero-order chi connectivity index (χ0) is 10.9. The average Bonchev–Trinajstić information content (AvgIpc) is 2.47. The molecule has 1 N–H and O–H groups in total. The zero-order valence-electron chi connectivity index (χ0n) is 8.54. The van der Waals surface area contributed by atoms with Crippen molar-refractivity contribution in [2.45, 2.75) is 25.3 Å². The fraction of sp³-hybridized carbons (Fsp3) is 0.556. The lowest BCUT2D eigenvalue weighted by Gasteiger charge is -2.32. The molecule has 13 heavy (non-hydrogen) atoms. The molecular formula is C9H13NO3. The molecule has 1 saturated heterocycles. The molecule has 1 fully saturated rings. The minimum absolute atomic E-state index is 0.0348. The number of carboxylic acids is 1. The van der Waals surface area contributed by atoms with Crippen molar-refractivity contribution in [3.63, 3.8) is 0 Å². The van der Waals surface area contributed by atoms with E-state index in [-0.39, 0.29) is 5.70 Å². The lowest BCUT2D eigenvalue weighted by atomic mass is 9.99. The highest BCUT2D eigenvalue weighted by Crippen LogP contribution is 2.31. The fourth-order valence-electron chi connectivity index (χ4n) is 1.67. The van der Waals surface area contributed by atoms with Crippen LogP contribution >= 0.6 is 0 Å². The third kappa shape index (κ3) is 1.43. The summed E-state index contributed by atoms with van der Waals surface area (Å²) < 4.78 is 6.89. The van der Waals surface area contributed by atoms with Crippen molar-refractivity contribution in [1.29, 1.82) is 0 Å². The number of nitrogens with zero attached hydrogens (tertiary/aromatic N) is 1. The van der Waals surface area contributed by atoms with Crippen LogP contribution in [0.4, 0.5) is 0 Å². The van der Waals surface area contributed by atoms with Gasteiger partial charge < -0.3 is 10.0 Å². The Morgan fingerprint density at radius 1 is 1.85 bits per heavy atom. The van der Waals surface area contributed by atoms with E-state index in [1.165, 1.54) is 4.90 Å². The van der Waals surface area contributed by atoms with Gasteiger partial charge in [0, 0.05) is 6.54 Å². The van der Waals surface area contributed by atoms with Crippen molar-refractivity contribution in [2.24, 2.45) is 0 Å². The molecule has 0 amide bonds. The summed E-state index contributed by atoms with van der Waals surface area (Å²) in [5, 5.41) is 9.02. The number of aliphatic carboxylic acids is 1. The number of allylic oxidation sites excluding steroid dienone is 1. The molecule has 0 spiro atoms. The van der Waals surface area contributed by atoms with Gasteiger partial charge in [-0.2, -0.15) is 0 Å². The van der Waals surface area contributed by atoms with Gasteiger partial charge in [-0.05, 0) is 19.8 Å². The topological polar surface area (TPSA) is 57.6 Å². The summed E-state index contributed by atoms with van der Waals surface area (Å²) in [7, 11) is 0. The van der Waals surface area contributed by atoms with Gasteiger partial charge in [0.2, 0.25) is 0 Å². The smallest absolute Gasteiger partial charge is 0.329 e. The first-order valence-corrected chi connectivity index (χ1v) is 4.10. The van der Waals surface area contributed by atoms with Crippen LogP contribution in [0.25, 0.3) is 0 Å². The highest BCUT2D eigenvalue weighted by atomic mass is 16.4. The van der Waals surface area contributed by atoms with Gasteiger partial charge in [0.1, 0.15) is 6.91 Å². The predicted molar refractivity (Wildman–Crippen MR) is 47.2 cm³/mol. The van der Waals surface area contributed by atoms with Crippen LogP contribution in [0, 0.1) is 0 Å². The maximum absolute atomic E-state index is 11.0. The van der Waals surface area contributed by atoms with Crippen LogP contribution in [0.1, 0.15) is 21.1 Å². The molecule has 0 saturated carbocycles. The van der Waals surface area contributed by atoms with Crippen LogP contribution in [0.15, 0.2) is 12.3 Å². The van der Waals surface area contributed by atoms with Crippen LogP contribution in [-0.4, -0.2) is 34.3 Å². The first-order chi connectivity index (χ1) is 6.39. The Morgan fingerprint density at radius 2 is 2.46 bits per heavy atom. The lowest BCUT2D eigenvalue weighted by Crippen LogP contribution is -2.47. The normalized spacial score (nSPS) is 28.4. The molecule has 0 bridgehead atoms. The monoisotopic (exact) mass is 184 g/mol. The Labute approximate surface area is 78.2 Å². The van der Waals surface area contributed by atoms with Gasteiger partial charge in [0.15, 0.2) is 6.26 Å². The molecule has 1 heterocycles. The highest BCUT2D eigenvalue weighted by molar-refractivity contribution is 5.81. The standard InChI is InChI=1S/C9H13NO3/c1-7(6-11)10-5-3-4-9(10,2)8(12)13/h6H,1,3-5H2,2H3,(H,12,13)/t9-/m0/s1/i6D. The molecule has 1 atom stereocenters. The summed E-state index contributed by atoms with van der Waals surface area (Å²) in [4.78, 5) is 23.2. The highest BCUT2D eigenvalue weighted by Gasteiger charge is 2.43. The second-order valence-electron chi connectivity index (χ2n) is 3.38. The minimum atomic E-state index is -1.08. The average molecular weight is 184 g/mol. The molecule has 4 nitrogen and oxygen atoms in total. The summed E-state index contributed by atoms with van der Waals surface area (Å²) in [6.07, 6.45) is 0.267. The van der Waals surface area contributed by atoms with Crippen molar-refractivity contribution in [2.75, 3.05) is 6.54 Å². The zero-order valence-corrected chi connectivity index (χ0v) is 7.54. The van der Waals surface area contributed by atoms with Crippen molar-refractivity contribution in [3.8, 4) is 0 Å². The summed E-state index contributed by atoms with van der Waals surface area (Å²) >= 11 is 0. The van der Waals surface area contributed by atoms with Crippen LogP contribution in [0.2, 0.25) is 0 Å². The van der Waals surface area contributed by atoms with Crippen LogP contribution in [-0.2, 0) is 9.59 Å². The van der Waals surface area contributed by atoms with Gasteiger partial charge >= 0.3 is 5.97 Å². The van der Waals surface area contributed by atoms with Gasteiger partial charge in [0.05, 0.1) is 5.70 Å². The molecule has 72 valence electrons. The van der Waals surface area contributed by atoms with Crippen molar-refractivity contribution < 1.29 is 16.1 Å². The fourth-order valence-corrected chi connectivity index (χ4v) is 1.67. The third-order valence-electron chi connectivity index (χ3n) is 2.55. The molecule has 0 aromatic heterocycles. The van der Waals surface area contributed by atoms with Crippen LogP contribution < -0.4 is 0 Å². The van der Waals surface area contributed by atoms with Crippen LogP contribution in [0.5, 0.6) is 0 Å². The van der Waals surface area contributed by atoms with E-state index in [1.54, 1.807) is 6.92 Å². The first kappa shape index (κ1) is 8.29. The quantitative estimate of drug-likeness (QED) is 0.516. The summed E-state index contributed by atoms with van der Waals surface area (Å²) in [5.74, 6) is -0.975. The lowest BCUT2D eigenvalue weighted by molar-refractivity contribution is -0.147. The second kappa shape index (κ2) is 3.20. The minimum Gasteiger partial charge on any atom is -0.480 e. The van der Waals surface area contributed by atoms with Gasteiger partial charge in [-0.3, -0.25) is 4.79 Å². The molecular weight excluding hydrogens is 170 g/mol. The molecule has 1 aliphatic rings. The Bertz CT molecular complexity index is 302. The summed E-state index contributed by atoms with van der Waals surface area (Å²) in [6, 6.07) is 0. The third-order valence-corrected chi connectivity index (χ3v) is 2.55. The molecule has 1 rings (SSSR count). The summed E-state index contributed by atoms with van der Waals surface area (Å²) in [6.45, 7) is 5.47. The van der Waals surface area contributed by atoms with E-state index in [0.29, 0.717) is 19.4 Å². The van der Waals surface area contributed by atoms with Gasteiger partial charge in [-0.1, -0.05) is 6.58 Å². The Kier molecular flexibility index (Phi) is 2.04. The molecule has 4 heteroatoms. The van der Waals surface area contributed by atoms with E-state index in [1.807, 2.05) is 0 Å². The largest absolute Gasteiger partial charge is 0.480 e. The van der Waals surface area contributed by atoms with Gasteiger partial charge in [-0.15, -0.1) is 0 Å². The molecule has 0 aromatic rings. The second-order valence-corrected chi connectivity index (χ2v) is 3.38. The number of carboxylic acid groups (broad SMARTS) is 1. The number of carbonyl (C=O) groups is 2. The van der Waals surface area contributed by atoms with Gasteiger partial charge in [0.25, 0.3) is 0 Å². The number of hydrogen-bond donors (Lipinski definition) is 1. The summed E-state index contributed by atoms with van der Waals surface area (Å²) in [5.41, 5.74) is -1.11. The van der Waals surface area contributed by atoms with Crippen LogP contribution in [0.3, 0.4) is 0 Å². The molecule has 1 aliphatic heterocycles. The number of carbonyl (C=O) groups excluding carboxylic acids is 1. The number of likely N-dealkylation sites (tertiary alicyclic amines) is 1. The Morgan fingerprint density at radius 3 is 2.92 bits per heavy atom. The first-order valence-electron chi connectivity index (χ1n) is 4.60.